The van der Waals surface area contributed by atoms with Gasteiger partial charge in [-0.15, -0.1) is 0 Å². The van der Waals surface area contributed by atoms with Crippen molar-refractivity contribution in [2.45, 2.75) is 18.9 Å². The van der Waals surface area contributed by atoms with E-state index in [0.29, 0.717) is 17.1 Å². The highest BCUT2D eigenvalue weighted by Gasteiger charge is 2.28. The number of likely N-dealkylation sites (N-methyl/N-ethyl adjacent to an activating group) is 1. The zero-order valence-electron chi connectivity index (χ0n) is 13.7. The molecular formula is C19H21NO3. The van der Waals surface area contributed by atoms with Crippen molar-refractivity contribution in [2.24, 2.45) is 0 Å². The quantitative estimate of drug-likeness (QED) is 0.871. The molecule has 1 aliphatic carbocycles. The number of nitrogens with zero attached hydrogens (tertiary/aromatic N) is 1. The molecule has 1 aliphatic rings. The predicted octanol–water partition coefficient (Wildman–Crippen LogP) is 2.94. The number of benzene rings is 2. The van der Waals surface area contributed by atoms with E-state index in [4.69, 9.17) is 9.47 Å². The molecule has 0 N–H and O–H groups in total. The lowest BCUT2D eigenvalue weighted by molar-refractivity contribution is 0.0737. The summed E-state index contributed by atoms with van der Waals surface area (Å²) < 4.78 is 10.5. The van der Waals surface area contributed by atoms with Crippen LogP contribution in [0.2, 0.25) is 0 Å². The van der Waals surface area contributed by atoms with Crippen molar-refractivity contribution in [3.8, 4) is 11.5 Å². The summed E-state index contributed by atoms with van der Waals surface area (Å²) in [6.07, 6.45) is 1.82. The van der Waals surface area contributed by atoms with Gasteiger partial charge in [0.15, 0.2) is 11.5 Å². The molecule has 1 amide bonds. The van der Waals surface area contributed by atoms with E-state index in [1.165, 1.54) is 11.1 Å². The second-order valence-electron chi connectivity index (χ2n) is 5.82. The molecule has 0 bridgehead atoms. The standard InChI is InChI=1S/C19H21NO3/c1-20(16-10-13-6-4-5-7-14(13)11-16)19(21)15-8-9-17(22-2)18(12-15)23-3/h4-9,12,16H,10-11H2,1-3H3. The fourth-order valence-electron chi connectivity index (χ4n) is 3.15. The van der Waals surface area contributed by atoms with E-state index in [-0.39, 0.29) is 11.9 Å². The normalized spacial score (nSPS) is 13.5. The van der Waals surface area contributed by atoms with Crippen LogP contribution in [-0.4, -0.2) is 38.1 Å². The molecule has 0 heterocycles. The molecule has 0 saturated carbocycles. The number of carbonyl (C=O) groups excluding carboxylic acids is 1. The first-order valence-corrected chi connectivity index (χ1v) is 7.70. The minimum absolute atomic E-state index is 0.00348. The summed E-state index contributed by atoms with van der Waals surface area (Å²) in [5.74, 6) is 1.20. The molecule has 0 aromatic heterocycles. The number of hydrogen-bond acceptors (Lipinski definition) is 3. The first-order chi connectivity index (χ1) is 11.1. The molecule has 0 fully saturated rings. The fraction of sp³-hybridized carbons (Fsp3) is 0.316. The molecule has 2 aromatic rings. The maximum atomic E-state index is 12.8. The van der Waals surface area contributed by atoms with Crippen LogP contribution in [0, 0.1) is 0 Å². The molecule has 4 heteroatoms. The van der Waals surface area contributed by atoms with Gasteiger partial charge in [-0.25, -0.2) is 0 Å². The van der Waals surface area contributed by atoms with Gasteiger partial charge in [0, 0.05) is 18.7 Å². The highest BCUT2D eigenvalue weighted by molar-refractivity contribution is 5.95. The van der Waals surface area contributed by atoms with E-state index in [0.717, 1.165) is 12.8 Å². The third-order valence-electron chi connectivity index (χ3n) is 4.53. The van der Waals surface area contributed by atoms with E-state index < -0.39 is 0 Å². The molecule has 0 atom stereocenters. The van der Waals surface area contributed by atoms with Crippen LogP contribution >= 0.6 is 0 Å². The lowest BCUT2D eigenvalue weighted by Gasteiger charge is -2.24. The van der Waals surface area contributed by atoms with Crippen LogP contribution in [0.4, 0.5) is 0 Å². The second-order valence-corrected chi connectivity index (χ2v) is 5.82. The molecule has 0 saturated heterocycles. The predicted molar refractivity (Wildman–Crippen MR) is 89.3 cm³/mol. The number of amides is 1. The summed E-state index contributed by atoms with van der Waals surface area (Å²) in [5.41, 5.74) is 3.29. The molecular weight excluding hydrogens is 290 g/mol. The summed E-state index contributed by atoms with van der Waals surface area (Å²) >= 11 is 0. The van der Waals surface area contributed by atoms with E-state index in [9.17, 15) is 4.79 Å². The van der Waals surface area contributed by atoms with E-state index in [1.54, 1.807) is 32.4 Å². The SMILES string of the molecule is COc1ccc(C(=O)N(C)C2Cc3ccccc3C2)cc1OC. The smallest absolute Gasteiger partial charge is 0.254 e. The Morgan fingerprint density at radius 3 is 2.17 bits per heavy atom. The Hall–Kier alpha value is -2.49. The zero-order valence-corrected chi connectivity index (χ0v) is 13.7. The van der Waals surface area contributed by atoms with E-state index >= 15 is 0 Å². The number of rotatable bonds is 4. The van der Waals surface area contributed by atoms with Gasteiger partial charge in [0.2, 0.25) is 0 Å². The lowest BCUT2D eigenvalue weighted by Crippen LogP contribution is -2.37. The van der Waals surface area contributed by atoms with Crippen LogP contribution in [0.3, 0.4) is 0 Å². The van der Waals surface area contributed by atoms with E-state index in [2.05, 4.69) is 24.3 Å². The Balaban J connectivity index is 1.78. The Bertz CT molecular complexity index is 701. The van der Waals surface area contributed by atoms with Gasteiger partial charge in [-0.2, -0.15) is 0 Å². The lowest BCUT2D eigenvalue weighted by atomic mass is 10.1. The summed E-state index contributed by atoms with van der Waals surface area (Å²) in [5, 5.41) is 0. The number of ether oxygens (including phenoxy) is 2. The Morgan fingerprint density at radius 2 is 1.61 bits per heavy atom. The van der Waals surface area contributed by atoms with Crippen molar-refractivity contribution in [1.29, 1.82) is 0 Å². The average Bonchev–Trinajstić information content (AvgIpc) is 3.03. The molecule has 0 spiro atoms. The largest absolute Gasteiger partial charge is 0.493 e. The minimum Gasteiger partial charge on any atom is -0.493 e. The number of methoxy groups -OCH3 is 2. The fourth-order valence-corrected chi connectivity index (χ4v) is 3.15. The van der Waals surface area contributed by atoms with Gasteiger partial charge in [-0.05, 0) is 42.2 Å². The molecule has 120 valence electrons. The number of hydrogen-bond donors (Lipinski definition) is 0. The number of carbonyl (C=O) groups is 1. The van der Waals surface area contributed by atoms with Gasteiger partial charge in [-0.1, -0.05) is 24.3 Å². The molecule has 2 aromatic carbocycles. The van der Waals surface area contributed by atoms with Crippen LogP contribution in [0.15, 0.2) is 42.5 Å². The first kappa shape index (κ1) is 15.4. The third-order valence-corrected chi connectivity index (χ3v) is 4.53. The summed E-state index contributed by atoms with van der Waals surface area (Å²) in [7, 11) is 5.03. The number of fused-ring (bicyclic) bond motifs is 1. The van der Waals surface area contributed by atoms with Crippen LogP contribution in [0.25, 0.3) is 0 Å². The van der Waals surface area contributed by atoms with Gasteiger partial charge in [-0.3, -0.25) is 4.79 Å². The van der Waals surface area contributed by atoms with Crippen molar-refractivity contribution in [3.63, 3.8) is 0 Å². The maximum Gasteiger partial charge on any atom is 0.254 e. The van der Waals surface area contributed by atoms with Gasteiger partial charge in [0.05, 0.1) is 14.2 Å². The Labute approximate surface area is 136 Å². The monoisotopic (exact) mass is 311 g/mol. The van der Waals surface area contributed by atoms with Crippen LogP contribution < -0.4 is 9.47 Å². The average molecular weight is 311 g/mol. The molecule has 0 unspecified atom stereocenters. The van der Waals surface area contributed by atoms with Gasteiger partial charge < -0.3 is 14.4 Å². The molecule has 23 heavy (non-hydrogen) atoms. The maximum absolute atomic E-state index is 12.8. The van der Waals surface area contributed by atoms with Crippen molar-refractivity contribution in [1.82, 2.24) is 4.90 Å². The molecule has 3 rings (SSSR count). The van der Waals surface area contributed by atoms with Crippen molar-refractivity contribution in [3.05, 3.63) is 59.2 Å². The highest BCUT2D eigenvalue weighted by atomic mass is 16.5. The van der Waals surface area contributed by atoms with Crippen molar-refractivity contribution < 1.29 is 14.3 Å². The molecule has 0 radical (unpaired) electrons. The second kappa shape index (κ2) is 6.32. The Kier molecular flexibility index (Phi) is 4.24. The Morgan fingerprint density at radius 1 is 1.00 bits per heavy atom. The third kappa shape index (κ3) is 2.89. The van der Waals surface area contributed by atoms with E-state index in [1.807, 2.05) is 11.9 Å². The summed E-state index contributed by atoms with van der Waals surface area (Å²) in [6, 6.07) is 13.9. The first-order valence-electron chi connectivity index (χ1n) is 7.70. The molecule has 0 aliphatic heterocycles. The zero-order chi connectivity index (χ0) is 16.4. The van der Waals surface area contributed by atoms with Crippen molar-refractivity contribution in [2.75, 3.05) is 21.3 Å². The topological polar surface area (TPSA) is 38.8 Å². The van der Waals surface area contributed by atoms with Gasteiger partial charge >= 0.3 is 0 Å². The van der Waals surface area contributed by atoms with Crippen LogP contribution in [-0.2, 0) is 12.8 Å². The van der Waals surface area contributed by atoms with Crippen LogP contribution in [0.5, 0.6) is 11.5 Å². The van der Waals surface area contributed by atoms with Crippen LogP contribution in [0.1, 0.15) is 21.5 Å². The van der Waals surface area contributed by atoms with Crippen molar-refractivity contribution >= 4 is 5.91 Å². The highest BCUT2D eigenvalue weighted by Crippen LogP contribution is 2.29. The molecule has 4 nitrogen and oxygen atoms in total. The summed E-state index contributed by atoms with van der Waals surface area (Å²) in [6.45, 7) is 0. The minimum atomic E-state index is 0.00348. The summed E-state index contributed by atoms with van der Waals surface area (Å²) in [4.78, 5) is 14.6. The van der Waals surface area contributed by atoms with Gasteiger partial charge in [0.25, 0.3) is 5.91 Å². The van der Waals surface area contributed by atoms with Gasteiger partial charge in [0.1, 0.15) is 0 Å².